The minimum absolute atomic E-state index is 0.0858. The second-order valence-corrected chi connectivity index (χ2v) is 6.17. The summed E-state index contributed by atoms with van der Waals surface area (Å²) in [5.41, 5.74) is 7.79. The van der Waals surface area contributed by atoms with Gasteiger partial charge in [0.15, 0.2) is 0 Å². The van der Waals surface area contributed by atoms with E-state index < -0.39 is 22.3 Å². The molecule has 0 aromatic heterocycles. The molecule has 2 aromatic carbocycles. The van der Waals surface area contributed by atoms with Gasteiger partial charge in [0.2, 0.25) is 0 Å². The molecule has 2 aromatic rings. The van der Waals surface area contributed by atoms with E-state index >= 15 is 0 Å². The van der Waals surface area contributed by atoms with E-state index in [4.69, 9.17) is 5.53 Å². The van der Waals surface area contributed by atoms with E-state index in [1.54, 1.807) is 36.4 Å². The maximum Gasteiger partial charge on any atom is 0.314 e. The zero-order chi connectivity index (χ0) is 19.9. The Balaban J connectivity index is 2.83. The summed E-state index contributed by atoms with van der Waals surface area (Å²) >= 11 is 0. The molecule has 0 aliphatic heterocycles. The number of nitro groups is 1. The first-order chi connectivity index (χ1) is 13.0. The molecule has 27 heavy (non-hydrogen) atoms. The van der Waals surface area contributed by atoms with Crippen LogP contribution < -0.4 is 0 Å². The number of aliphatic carboxylic acids is 1. The molecule has 2 rings (SSSR count). The van der Waals surface area contributed by atoms with Crippen LogP contribution in [0, 0.1) is 10.1 Å². The molecule has 0 amide bonds. The second-order valence-electron chi connectivity index (χ2n) is 6.17. The Morgan fingerprint density at radius 1 is 1.26 bits per heavy atom. The highest BCUT2D eigenvalue weighted by atomic mass is 16.6. The number of azide groups is 1. The van der Waals surface area contributed by atoms with E-state index in [1.807, 2.05) is 6.92 Å². The van der Waals surface area contributed by atoms with Gasteiger partial charge in [-0.2, -0.15) is 0 Å². The van der Waals surface area contributed by atoms with Gasteiger partial charge in [0.25, 0.3) is 5.69 Å². The van der Waals surface area contributed by atoms with Crippen molar-refractivity contribution in [1.29, 1.82) is 0 Å². The van der Waals surface area contributed by atoms with Crippen LogP contribution in [-0.2, 0) is 10.2 Å². The molecular weight excluding hydrogens is 348 g/mol. The molecule has 140 valence electrons. The molecule has 0 spiro atoms. The summed E-state index contributed by atoms with van der Waals surface area (Å²) in [7, 11) is 0. The minimum atomic E-state index is -1.62. The van der Waals surface area contributed by atoms with Gasteiger partial charge in [0, 0.05) is 16.5 Å². The molecule has 0 saturated carbocycles. The lowest BCUT2D eigenvalue weighted by atomic mass is 9.68. The number of nitro benzene ring substituents is 1. The molecule has 2 atom stereocenters. The van der Waals surface area contributed by atoms with Crippen LogP contribution in [0.2, 0.25) is 0 Å². The fourth-order valence-electron chi connectivity index (χ4n) is 3.34. The predicted octanol–water partition coefficient (Wildman–Crippen LogP) is 5.16. The van der Waals surface area contributed by atoms with E-state index in [-0.39, 0.29) is 17.7 Å². The van der Waals surface area contributed by atoms with Crippen LogP contribution in [0.4, 0.5) is 5.69 Å². The lowest BCUT2D eigenvalue weighted by Crippen LogP contribution is -2.41. The first-order valence-electron chi connectivity index (χ1n) is 8.55. The lowest BCUT2D eigenvalue weighted by Gasteiger charge is -2.35. The van der Waals surface area contributed by atoms with Gasteiger partial charge in [-0.15, -0.1) is 0 Å². The van der Waals surface area contributed by atoms with Crippen molar-refractivity contribution in [2.75, 3.05) is 0 Å². The maximum absolute atomic E-state index is 12.5. The number of nitrogens with zero attached hydrogens (tertiary/aromatic N) is 4. The molecule has 1 N–H and O–H groups in total. The molecule has 0 unspecified atom stereocenters. The maximum atomic E-state index is 12.5. The van der Waals surface area contributed by atoms with Crippen LogP contribution >= 0.6 is 0 Å². The fraction of sp³-hybridized carbons (Fsp3) is 0.316. The van der Waals surface area contributed by atoms with Gasteiger partial charge in [0.05, 0.1) is 11.0 Å². The Kier molecular flexibility index (Phi) is 6.51. The van der Waals surface area contributed by atoms with Gasteiger partial charge >= 0.3 is 5.97 Å². The van der Waals surface area contributed by atoms with Crippen molar-refractivity contribution in [3.8, 4) is 0 Å². The summed E-state index contributed by atoms with van der Waals surface area (Å²) < 4.78 is 0. The monoisotopic (exact) mass is 368 g/mol. The van der Waals surface area contributed by atoms with Crippen LogP contribution in [-0.4, -0.2) is 16.0 Å². The van der Waals surface area contributed by atoms with Crippen LogP contribution in [0.5, 0.6) is 0 Å². The number of carboxylic acid groups (broad SMARTS) is 1. The number of hydrogen-bond acceptors (Lipinski definition) is 4. The molecule has 0 aliphatic rings. The van der Waals surface area contributed by atoms with Crippen LogP contribution in [0.3, 0.4) is 0 Å². The first kappa shape index (κ1) is 19.9. The van der Waals surface area contributed by atoms with Crippen molar-refractivity contribution in [3.05, 3.63) is 86.3 Å². The number of hydrogen-bond donors (Lipinski definition) is 1. The normalized spacial score (nSPS) is 13.8. The fourth-order valence-corrected chi connectivity index (χ4v) is 3.34. The molecule has 0 saturated heterocycles. The van der Waals surface area contributed by atoms with E-state index in [0.29, 0.717) is 12.0 Å². The van der Waals surface area contributed by atoms with Crippen LogP contribution in [0.1, 0.15) is 43.4 Å². The average Bonchev–Trinajstić information content (AvgIpc) is 2.68. The average molecular weight is 368 g/mol. The Morgan fingerprint density at radius 2 is 1.89 bits per heavy atom. The molecular formula is C19H20N4O4. The minimum Gasteiger partial charge on any atom is -0.481 e. The first-order valence-corrected chi connectivity index (χ1v) is 8.55. The van der Waals surface area contributed by atoms with Gasteiger partial charge < -0.3 is 5.11 Å². The Morgan fingerprint density at radius 3 is 2.44 bits per heavy atom. The Bertz CT molecular complexity index is 865. The standard InChI is InChI=1S/C19H20N4O4/c1-2-3-13-19(18(24)25,14-9-5-4-6-10-14)17(21-22-20)15-11-7-8-12-16(15)23(26)27/h4-12,17H,2-3,13H2,1H3,(H,24,25)/t17-,19-/m0/s1. The zero-order valence-corrected chi connectivity index (χ0v) is 14.9. The van der Waals surface area contributed by atoms with E-state index in [2.05, 4.69) is 10.0 Å². The van der Waals surface area contributed by atoms with Gasteiger partial charge in [-0.1, -0.05) is 73.4 Å². The molecule has 0 bridgehead atoms. The smallest absolute Gasteiger partial charge is 0.314 e. The van der Waals surface area contributed by atoms with Crippen molar-refractivity contribution in [2.45, 2.75) is 37.6 Å². The second kappa shape index (κ2) is 8.82. The predicted molar refractivity (Wildman–Crippen MR) is 100 cm³/mol. The largest absolute Gasteiger partial charge is 0.481 e. The number of benzene rings is 2. The number of unbranched alkanes of at least 4 members (excludes halogenated alkanes) is 1. The third-order valence-electron chi connectivity index (χ3n) is 4.66. The van der Waals surface area contributed by atoms with Gasteiger partial charge in [-0.05, 0) is 17.5 Å². The van der Waals surface area contributed by atoms with Crippen LogP contribution in [0.15, 0.2) is 59.7 Å². The van der Waals surface area contributed by atoms with E-state index in [9.17, 15) is 20.0 Å². The third-order valence-corrected chi connectivity index (χ3v) is 4.66. The molecule has 8 nitrogen and oxygen atoms in total. The Labute approximate surface area is 156 Å². The number of para-hydroxylation sites is 1. The molecule has 0 aliphatic carbocycles. The zero-order valence-electron chi connectivity index (χ0n) is 14.9. The number of rotatable bonds is 9. The van der Waals surface area contributed by atoms with Crippen molar-refractivity contribution in [3.63, 3.8) is 0 Å². The quantitative estimate of drug-likeness (QED) is 0.215. The summed E-state index contributed by atoms with van der Waals surface area (Å²) in [6.45, 7) is 1.92. The van der Waals surface area contributed by atoms with Crippen molar-refractivity contribution >= 4 is 11.7 Å². The summed E-state index contributed by atoms with van der Waals surface area (Å²) in [4.78, 5) is 26.3. The summed E-state index contributed by atoms with van der Waals surface area (Å²) in [6.07, 6.45) is 1.46. The molecule has 0 fully saturated rings. The van der Waals surface area contributed by atoms with Gasteiger partial charge in [-0.3, -0.25) is 14.9 Å². The highest BCUT2D eigenvalue weighted by Gasteiger charge is 2.49. The topological polar surface area (TPSA) is 129 Å². The van der Waals surface area contributed by atoms with Gasteiger partial charge in [0.1, 0.15) is 5.41 Å². The highest BCUT2D eigenvalue weighted by Crippen LogP contribution is 2.47. The lowest BCUT2D eigenvalue weighted by molar-refractivity contribution is -0.385. The van der Waals surface area contributed by atoms with Crippen LogP contribution in [0.25, 0.3) is 10.4 Å². The van der Waals surface area contributed by atoms with E-state index in [0.717, 1.165) is 6.42 Å². The summed E-state index contributed by atoms with van der Waals surface area (Å²) in [5.74, 6) is -1.18. The van der Waals surface area contributed by atoms with Crippen molar-refractivity contribution in [2.24, 2.45) is 5.11 Å². The molecule has 8 heteroatoms. The van der Waals surface area contributed by atoms with Gasteiger partial charge in [-0.25, -0.2) is 0 Å². The summed E-state index contributed by atoms with van der Waals surface area (Å²) in [5, 5.41) is 25.5. The third kappa shape index (κ3) is 3.91. The molecule has 0 radical (unpaired) electrons. The van der Waals surface area contributed by atoms with Crippen molar-refractivity contribution < 1.29 is 14.8 Å². The van der Waals surface area contributed by atoms with Crippen molar-refractivity contribution in [1.82, 2.24) is 0 Å². The van der Waals surface area contributed by atoms with E-state index in [1.165, 1.54) is 18.2 Å². The SMILES string of the molecule is CCCC[C@](C(=O)O)(c1ccccc1)[C@@H](N=[N+]=[N-])c1ccccc1[N+](=O)[O-]. The molecule has 0 heterocycles. The summed E-state index contributed by atoms with van der Waals surface area (Å²) in [6, 6.07) is 13.0. The highest BCUT2D eigenvalue weighted by molar-refractivity contribution is 5.83. The number of carboxylic acids is 1. The number of carbonyl (C=O) groups is 1. The Hall–Kier alpha value is -3.38.